The van der Waals surface area contributed by atoms with Gasteiger partial charge in [0, 0.05) is 19.3 Å². The fourth-order valence-electron chi connectivity index (χ4n) is 1.76. The highest BCUT2D eigenvalue weighted by Crippen LogP contribution is 2.26. The fraction of sp³-hybridized carbons (Fsp3) is 0.455. The first-order chi connectivity index (χ1) is 7.20. The summed E-state index contributed by atoms with van der Waals surface area (Å²) in [5.41, 5.74) is 1.17. The maximum atomic E-state index is 10.7. The van der Waals surface area contributed by atoms with Gasteiger partial charge in [0.05, 0.1) is 17.4 Å². The molecule has 2 heterocycles. The van der Waals surface area contributed by atoms with Gasteiger partial charge in [0.25, 0.3) is 0 Å². The van der Waals surface area contributed by atoms with Gasteiger partial charge in [-0.25, -0.2) is 4.79 Å². The van der Waals surface area contributed by atoms with E-state index in [1.807, 2.05) is 0 Å². The molecule has 1 fully saturated rings. The zero-order valence-corrected chi connectivity index (χ0v) is 8.68. The van der Waals surface area contributed by atoms with Crippen LogP contribution in [0.1, 0.15) is 23.7 Å². The highest BCUT2D eigenvalue weighted by Gasteiger charge is 2.25. The standard InChI is InChI=1S/C11H14N2O2/c1-2-8-6-13(7-8)10-3-9(11(14)15)4-12-5-10/h3-5,8H,2,6-7H2,1H3,(H,14,15). The molecule has 0 saturated carbocycles. The van der Waals surface area contributed by atoms with E-state index in [2.05, 4.69) is 16.8 Å². The van der Waals surface area contributed by atoms with Crippen molar-refractivity contribution >= 4 is 11.7 Å². The van der Waals surface area contributed by atoms with E-state index in [-0.39, 0.29) is 5.56 Å². The largest absolute Gasteiger partial charge is 0.478 e. The van der Waals surface area contributed by atoms with Crippen molar-refractivity contribution in [2.24, 2.45) is 5.92 Å². The highest BCUT2D eigenvalue weighted by atomic mass is 16.4. The van der Waals surface area contributed by atoms with Crippen LogP contribution in [0.2, 0.25) is 0 Å². The Kier molecular flexibility index (Phi) is 2.58. The molecule has 80 valence electrons. The molecule has 0 amide bonds. The van der Waals surface area contributed by atoms with Crippen molar-refractivity contribution in [3.8, 4) is 0 Å². The Balaban J connectivity index is 2.10. The molecular formula is C11H14N2O2. The van der Waals surface area contributed by atoms with Crippen molar-refractivity contribution < 1.29 is 9.90 Å². The normalized spacial score (nSPS) is 16.2. The average molecular weight is 206 g/mol. The zero-order chi connectivity index (χ0) is 10.8. The number of carboxylic acid groups (broad SMARTS) is 1. The second-order valence-corrected chi connectivity index (χ2v) is 3.92. The lowest BCUT2D eigenvalue weighted by molar-refractivity contribution is 0.0696. The quantitative estimate of drug-likeness (QED) is 0.816. The number of hydrogen-bond donors (Lipinski definition) is 1. The predicted octanol–water partition coefficient (Wildman–Crippen LogP) is 1.63. The molecule has 4 heteroatoms. The van der Waals surface area contributed by atoms with E-state index in [1.165, 1.54) is 12.6 Å². The van der Waals surface area contributed by atoms with Gasteiger partial charge in [0.15, 0.2) is 0 Å². The van der Waals surface area contributed by atoms with Crippen LogP contribution in [-0.2, 0) is 0 Å². The molecule has 0 spiro atoms. The summed E-state index contributed by atoms with van der Waals surface area (Å²) in [6, 6.07) is 1.68. The number of aromatic nitrogens is 1. The molecule has 1 aliphatic heterocycles. The number of hydrogen-bond acceptors (Lipinski definition) is 3. The van der Waals surface area contributed by atoms with Crippen LogP contribution in [-0.4, -0.2) is 29.1 Å². The minimum atomic E-state index is -0.920. The lowest BCUT2D eigenvalue weighted by Gasteiger charge is -2.40. The fourth-order valence-corrected chi connectivity index (χ4v) is 1.76. The SMILES string of the molecule is CCC1CN(c2cncc(C(=O)O)c2)C1. The smallest absolute Gasteiger partial charge is 0.337 e. The summed E-state index contributed by atoms with van der Waals surface area (Å²) in [5, 5.41) is 8.82. The van der Waals surface area contributed by atoms with Crippen molar-refractivity contribution in [1.82, 2.24) is 4.98 Å². The van der Waals surface area contributed by atoms with Crippen LogP contribution in [0, 0.1) is 5.92 Å². The molecule has 2 rings (SSSR count). The van der Waals surface area contributed by atoms with Crippen LogP contribution in [0.3, 0.4) is 0 Å². The molecule has 4 nitrogen and oxygen atoms in total. The molecule has 0 aromatic carbocycles. The van der Waals surface area contributed by atoms with Crippen molar-refractivity contribution in [3.63, 3.8) is 0 Å². The molecule has 0 aliphatic carbocycles. The van der Waals surface area contributed by atoms with E-state index < -0.39 is 5.97 Å². The van der Waals surface area contributed by atoms with E-state index in [0.29, 0.717) is 0 Å². The summed E-state index contributed by atoms with van der Waals surface area (Å²) in [6.07, 6.45) is 4.28. The second-order valence-electron chi connectivity index (χ2n) is 3.92. The number of anilines is 1. The zero-order valence-electron chi connectivity index (χ0n) is 8.68. The number of rotatable bonds is 3. The van der Waals surface area contributed by atoms with Gasteiger partial charge < -0.3 is 10.0 Å². The molecular weight excluding hydrogens is 192 g/mol. The first kappa shape index (κ1) is 9.96. The third kappa shape index (κ3) is 1.93. The molecule has 1 N–H and O–H groups in total. The monoisotopic (exact) mass is 206 g/mol. The van der Waals surface area contributed by atoms with Crippen LogP contribution in [0.4, 0.5) is 5.69 Å². The van der Waals surface area contributed by atoms with Gasteiger partial charge in [-0.1, -0.05) is 6.92 Å². The van der Waals surface area contributed by atoms with Gasteiger partial charge >= 0.3 is 5.97 Å². The summed E-state index contributed by atoms with van der Waals surface area (Å²) < 4.78 is 0. The Morgan fingerprint density at radius 3 is 2.93 bits per heavy atom. The molecule has 1 aromatic rings. The number of carboxylic acids is 1. The Labute approximate surface area is 88.6 Å². The van der Waals surface area contributed by atoms with E-state index >= 15 is 0 Å². The summed E-state index contributed by atoms with van der Waals surface area (Å²) in [7, 11) is 0. The molecule has 1 saturated heterocycles. The van der Waals surface area contributed by atoms with E-state index in [9.17, 15) is 4.79 Å². The van der Waals surface area contributed by atoms with Crippen LogP contribution in [0.5, 0.6) is 0 Å². The number of nitrogens with zero attached hydrogens (tertiary/aromatic N) is 2. The molecule has 0 radical (unpaired) electrons. The van der Waals surface area contributed by atoms with Gasteiger partial charge in [-0.2, -0.15) is 0 Å². The van der Waals surface area contributed by atoms with Gasteiger partial charge in [0.2, 0.25) is 0 Å². The number of aromatic carboxylic acids is 1. The molecule has 0 bridgehead atoms. The Bertz CT molecular complexity index is 373. The lowest BCUT2D eigenvalue weighted by atomic mass is 9.97. The van der Waals surface area contributed by atoms with E-state index in [0.717, 1.165) is 24.7 Å². The molecule has 1 aliphatic rings. The molecule has 0 unspecified atom stereocenters. The van der Waals surface area contributed by atoms with Crippen molar-refractivity contribution in [2.45, 2.75) is 13.3 Å². The van der Waals surface area contributed by atoms with Crippen molar-refractivity contribution in [3.05, 3.63) is 24.0 Å². The maximum absolute atomic E-state index is 10.7. The van der Waals surface area contributed by atoms with Gasteiger partial charge in [-0.3, -0.25) is 4.98 Å². The first-order valence-electron chi connectivity index (χ1n) is 5.14. The second kappa shape index (κ2) is 3.88. The minimum absolute atomic E-state index is 0.257. The first-order valence-corrected chi connectivity index (χ1v) is 5.14. The summed E-state index contributed by atoms with van der Waals surface area (Å²) in [5.74, 6) is -0.171. The molecule has 1 aromatic heterocycles. The predicted molar refractivity (Wildman–Crippen MR) is 57.2 cm³/mol. The Hall–Kier alpha value is -1.58. The van der Waals surface area contributed by atoms with Crippen LogP contribution < -0.4 is 4.90 Å². The topological polar surface area (TPSA) is 53.4 Å². The number of carbonyl (C=O) groups is 1. The third-order valence-electron chi connectivity index (χ3n) is 2.87. The lowest BCUT2D eigenvalue weighted by Crippen LogP contribution is -2.46. The highest BCUT2D eigenvalue weighted by molar-refractivity contribution is 5.88. The minimum Gasteiger partial charge on any atom is -0.478 e. The van der Waals surface area contributed by atoms with Crippen LogP contribution in [0.25, 0.3) is 0 Å². The number of pyridine rings is 1. The van der Waals surface area contributed by atoms with Crippen LogP contribution in [0.15, 0.2) is 18.5 Å². The van der Waals surface area contributed by atoms with E-state index in [1.54, 1.807) is 12.3 Å². The van der Waals surface area contributed by atoms with Crippen molar-refractivity contribution in [1.29, 1.82) is 0 Å². The van der Waals surface area contributed by atoms with E-state index in [4.69, 9.17) is 5.11 Å². The van der Waals surface area contributed by atoms with Crippen molar-refractivity contribution in [2.75, 3.05) is 18.0 Å². The maximum Gasteiger partial charge on any atom is 0.337 e. The third-order valence-corrected chi connectivity index (χ3v) is 2.87. The Morgan fingerprint density at radius 2 is 2.33 bits per heavy atom. The Morgan fingerprint density at radius 1 is 1.60 bits per heavy atom. The van der Waals surface area contributed by atoms with Gasteiger partial charge in [-0.05, 0) is 18.4 Å². The van der Waals surface area contributed by atoms with Gasteiger partial charge in [0.1, 0.15) is 0 Å². The average Bonchev–Trinajstić information content (AvgIpc) is 2.16. The summed E-state index contributed by atoms with van der Waals surface area (Å²) >= 11 is 0. The molecule has 0 atom stereocenters. The van der Waals surface area contributed by atoms with Crippen LogP contribution >= 0.6 is 0 Å². The summed E-state index contributed by atoms with van der Waals surface area (Å²) in [4.78, 5) is 16.8. The van der Waals surface area contributed by atoms with Gasteiger partial charge in [-0.15, -0.1) is 0 Å². The summed E-state index contributed by atoms with van der Waals surface area (Å²) in [6.45, 7) is 4.20. The molecule has 15 heavy (non-hydrogen) atoms.